The third-order valence-corrected chi connectivity index (χ3v) is 2.54. The summed E-state index contributed by atoms with van der Waals surface area (Å²) in [5.74, 6) is 0. The summed E-state index contributed by atoms with van der Waals surface area (Å²) in [6.07, 6.45) is 0. The van der Waals surface area contributed by atoms with Gasteiger partial charge in [-0.15, -0.1) is 0 Å². The number of primary amides is 1. The van der Waals surface area contributed by atoms with Gasteiger partial charge in [-0.25, -0.2) is 4.79 Å². The van der Waals surface area contributed by atoms with Crippen LogP contribution in [0.4, 0.5) is 10.5 Å². The summed E-state index contributed by atoms with van der Waals surface area (Å²) in [6, 6.07) is 15.9. The average molecular weight is 225 g/mol. The van der Waals surface area contributed by atoms with Crippen molar-refractivity contribution in [2.24, 2.45) is 5.73 Å². The zero-order valence-electron chi connectivity index (χ0n) is 9.53. The van der Waals surface area contributed by atoms with Gasteiger partial charge in [-0.05, 0) is 18.1 Å². The van der Waals surface area contributed by atoms with Crippen LogP contribution in [0.15, 0.2) is 42.5 Å². The maximum absolute atomic E-state index is 10.9. The van der Waals surface area contributed by atoms with Crippen LogP contribution in [0.3, 0.4) is 0 Å². The van der Waals surface area contributed by atoms with E-state index in [2.05, 4.69) is 11.4 Å². The molecule has 0 aliphatic carbocycles. The van der Waals surface area contributed by atoms with Gasteiger partial charge in [0.2, 0.25) is 0 Å². The Morgan fingerprint density at radius 3 is 2.59 bits per heavy atom. The van der Waals surface area contributed by atoms with Crippen molar-refractivity contribution in [3.63, 3.8) is 0 Å². The molecular weight excluding hydrogens is 212 g/mol. The van der Waals surface area contributed by atoms with Gasteiger partial charge in [0.15, 0.2) is 0 Å². The number of amides is 2. The summed E-state index contributed by atoms with van der Waals surface area (Å²) < 4.78 is 0. The van der Waals surface area contributed by atoms with Crippen LogP contribution in [0.2, 0.25) is 0 Å². The van der Waals surface area contributed by atoms with Crippen molar-refractivity contribution < 1.29 is 4.79 Å². The van der Waals surface area contributed by atoms with E-state index < -0.39 is 6.03 Å². The predicted molar refractivity (Wildman–Crippen MR) is 68.7 cm³/mol. The van der Waals surface area contributed by atoms with Gasteiger partial charge in [-0.3, -0.25) is 0 Å². The fraction of sp³-hybridized carbons (Fsp3) is 0.0714. The number of nitrogens with two attached hydrogens (primary N) is 1. The molecule has 0 atom stereocenters. The van der Waals surface area contributed by atoms with Crippen LogP contribution in [0.1, 0.15) is 5.56 Å². The van der Waals surface area contributed by atoms with Crippen molar-refractivity contribution in [2.45, 2.75) is 6.92 Å². The Kier molecular flexibility index (Phi) is 3.10. The van der Waals surface area contributed by atoms with Gasteiger partial charge in [-0.1, -0.05) is 42.5 Å². The molecule has 0 saturated carbocycles. The second-order valence-electron chi connectivity index (χ2n) is 3.76. The van der Waals surface area contributed by atoms with Gasteiger partial charge >= 0.3 is 6.03 Å². The molecule has 85 valence electrons. The molecule has 0 aliphatic rings. The highest BCUT2D eigenvalue weighted by Crippen LogP contribution is 2.29. The molecule has 0 saturated heterocycles. The normalized spacial score (nSPS) is 9.94. The zero-order valence-corrected chi connectivity index (χ0v) is 9.53. The smallest absolute Gasteiger partial charge is 0.316 e. The largest absolute Gasteiger partial charge is 0.351 e. The van der Waals surface area contributed by atoms with E-state index in [1.807, 2.05) is 43.3 Å². The molecule has 0 bridgehead atoms. The van der Waals surface area contributed by atoms with E-state index in [9.17, 15) is 4.79 Å². The van der Waals surface area contributed by atoms with Crippen LogP contribution < -0.4 is 11.1 Å². The maximum atomic E-state index is 10.9. The molecule has 0 spiro atoms. The van der Waals surface area contributed by atoms with Crippen molar-refractivity contribution in [1.82, 2.24) is 0 Å². The summed E-state index contributed by atoms with van der Waals surface area (Å²) in [5.41, 5.74) is 8.87. The van der Waals surface area contributed by atoms with E-state index in [-0.39, 0.29) is 0 Å². The molecule has 17 heavy (non-hydrogen) atoms. The number of hydrogen-bond acceptors (Lipinski definition) is 1. The van der Waals surface area contributed by atoms with Crippen LogP contribution in [0.5, 0.6) is 0 Å². The fourth-order valence-electron chi connectivity index (χ4n) is 1.76. The monoisotopic (exact) mass is 225 g/mol. The Morgan fingerprint density at radius 1 is 1.18 bits per heavy atom. The molecule has 1 radical (unpaired) electrons. The first kappa shape index (κ1) is 11.2. The van der Waals surface area contributed by atoms with Gasteiger partial charge in [0.1, 0.15) is 0 Å². The molecule has 2 rings (SSSR count). The summed E-state index contributed by atoms with van der Waals surface area (Å²) >= 11 is 0. The van der Waals surface area contributed by atoms with Crippen LogP contribution in [-0.2, 0) is 0 Å². The summed E-state index contributed by atoms with van der Waals surface area (Å²) in [7, 11) is 0. The zero-order chi connectivity index (χ0) is 12.3. The summed E-state index contributed by atoms with van der Waals surface area (Å²) in [6.45, 7) is 2.02. The van der Waals surface area contributed by atoms with E-state index in [0.717, 1.165) is 16.7 Å². The van der Waals surface area contributed by atoms with Gasteiger partial charge in [0.05, 0.1) is 5.69 Å². The molecule has 3 heteroatoms. The highest BCUT2D eigenvalue weighted by Gasteiger charge is 2.07. The van der Waals surface area contributed by atoms with Gasteiger partial charge in [0.25, 0.3) is 0 Å². The average Bonchev–Trinajstić information content (AvgIpc) is 2.30. The Bertz CT molecular complexity index is 549. The van der Waals surface area contributed by atoms with Gasteiger partial charge in [0, 0.05) is 11.6 Å². The minimum Gasteiger partial charge on any atom is -0.351 e. The first-order chi connectivity index (χ1) is 8.18. The second-order valence-corrected chi connectivity index (χ2v) is 3.76. The number of anilines is 1. The van der Waals surface area contributed by atoms with E-state index in [4.69, 9.17) is 5.73 Å². The Morgan fingerprint density at radius 2 is 1.88 bits per heavy atom. The number of urea groups is 1. The number of rotatable bonds is 2. The third-order valence-electron chi connectivity index (χ3n) is 2.54. The standard InChI is InChI=1S/C14H13N2O/c1-10-6-2-3-7-11(10)12-8-4-5-9-13(12)16-14(15)17/h2-8H,1H3,(H3,15,16,17). The molecule has 0 fully saturated rings. The van der Waals surface area contributed by atoms with E-state index >= 15 is 0 Å². The third kappa shape index (κ3) is 2.45. The SMILES string of the molecule is Cc1ccccc1-c1ccc[c]c1NC(N)=O. The number of benzene rings is 2. The quantitative estimate of drug-likeness (QED) is 0.811. The molecule has 2 amide bonds. The van der Waals surface area contributed by atoms with Crippen LogP contribution >= 0.6 is 0 Å². The first-order valence-corrected chi connectivity index (χ1v) is 5.31. The highest BCUT2D eigenvalue weighted by molar-refractivity contribution is 5.93. The first-order valence-electron chi connectivity index (χ1n) is 5.31. The van der Waals surface area contributed by atoms with Crippen molar-refractivity contribution in [3.8, 4) is 11.1 Å². The lowest BCUT2D eigenvalue weighted by atomic mass is 9.99. The van der Waals surface area contributed by atoms with Crippen LogP contribution in [0, 0.1) is 13.0 Å². The lowest BCUT2D eigenvalue weighted by Crippen LogP contribution is -2.19. The van der Waals surface area contributed by atoms with Gasteiger partial charge < -0.3 is 11.1 Å². The predicted octanol–water partition coefficient (Wildman–Crippen LogP) is 2.95. The molecule has 3 nitrogen and oxygen atoms in total. The van der Waals surface area contributed by atoms with Crippen LogP contribution in [-0.4, -0.2) is 6.03 Å². The lowest BCUT2D eigenvalue weighted by molar-refractivity contribution is 0.259. The van der Waals surface area contributed by atoms with Crippen molar-refractivity contribution >= 4 is 11.7 Å². The molecule has 3 N–H and O–H groups in total. The molecule has 0 heterocycles. The van der Waals surface area contributed by atoms with Crippen molar-refractivity contribution in [3.05, 3.63) is 54.1 Å². The minimum atomic E-state index is -0.581. The fourth-order valence-corrected chi connectivity index (χ4v) is 1.76. The van der Waals surface area contributed by atoms with E-state index in [1.165, 1.54) is 0 Å². The van der Waals surface area contributed by atoms with Crippen molar-refractivity contribution in [1.29, 1.82) is 0 Å². The van der Waals surface area contributed by atoms with Crippen LogP contribution in [0.25, 0.3) is 11.1 Å². The molecule has 2 aromatic rings. The van der Waals surface area contributed by atoms with E-state index in [0.29, 0.717) is 5.69 Å². The Hall–Kier alpha value is -2.29. The molecule has 0 aliphatic heterocycles. The topological polar surface area (TPSA) is 55.1 Å². The number of carbonyl (C=O) groups is 1. The number of para-hydroxylation sites is 1. The number of aryl methyl sites for hydroxylation is 1. The molecular formula is C14H13N2O. The lowest BCUT2D eigenvalue weighted by Gasteiger charge is -2.11. The van der Waals surface area contributed by atoms with E-state index in [1.54, 1.807) is 6.07 Å². The highest BCUT2D eigenvalue weighted by atomic mass is 16.2. The maximum Gasteiger partial charge on any atom is 0.316 e. The Balaban J connectivity index is 2.52. The second kappa shape index (κ2) is 4.70. The molecule has 0 unspecified atom stereocenters. The summed E-state index contributed by atoms with van der Waals surface area (Å²) in [5, 5.41) is 2.58. The number of hydrogen-bond donors (Lipinski definition) is 2. The molecule has 0 aromatic heterocycles. The Labute approximate surface area is 100 Å². The molecule has 2 aromatic carbocycles. The van der Waals surface area contributed by atoms with Gasteiger partial charge in [-0.2, -0.15) is 0 Å². The summed E-state index contributed by atoms with van der Waals surface area (Å²) in [4.78, 5) is 10.9. The minimum absolute atomic E-state index is 0.581. The number of nitrogens with one attached hydrogen (secondary N) is 1. The number of carbonyl (C=O) groups excluding carboxylic acids is 1. The van der Waals surface area contributed by atoms with Crippen molar-refractivity contribution in [2.75, 3.05) is 5.32 Å².